The van der Waals surface area contributed by atoms with Gasteiger partial charge in [0.05, 0.1) is 19.3 Å². The van der Waals surface area contributed by atoms with Crippen LogP contribution in [0.4, 0.5) is 0 Å². The first-order valence-electron chi connectivity index (χ1n) is 8.50. The zero-order valence-electron chi connectivity index (χ0n) is 18.6. The van der Waals surface area contributed by atoms with Gasteiger partial charge in [-0.2, -0.15) is 0 Å². The van der Waals surface area contributed by atoms with Gasteiger partial charge in [0, 0.05) is 17.4 Å². The van der Waals surface area contributed by atoms with E-state index in [0.29, 0.717) is 0 Å². The molecule has 1 aromatic heterocycles. The maximum absolute atomic E-state index is 7.50. The fourth-order valence-electron chi connectivity index (χ4n) is 2.68. The van der Waals surface area contributed by atoms with Gasteiger partial charge in [-0.25, -0.2) is 0 Å². The summed E-state index contributed by atoms with van der Waals surface area (Å²) in [6.45, 7) is 26.9. The molecule has 0 N–H and O–H groups in total. The second-order valence-electron chi connectivity index (χ2n) is 5.20. The van der Waals surface area contributed by atoms with Crippen molar-refractivity contribution in [2.24, 2.45) is 0 Å². The van der Waals surface area contributed by atoms with E-state index < -0.39 is 0 Å². The summed E-state index contributed by atoms with van der Waals surface area (Å²) in [5, 5.41) is 0. The van der Waals surface area contributed by atoms with Crippen LogP contribution in [0.1, 0.15) is 51.2 Å². The van der Waals surface area contributed by atoms with Crippen LogP contribution in [0.2, 0.25) is 0 Å². The molecule has 0 aromatic carbocycles. The average Bonchev–Trinajstić information content (AvgIpc) is 3.31. The van der Waals surface area contributed by atoms with Crippen LogP contribution in [0.3, 0.4) is 0 Å². The Morgan fingerprint density at radius 1 is 0.875 bits per heavy atom. The minimum absolute atomic E-state index is 0. The van der Waals surface area contributed by atoms with E-state index in [-0.39, 0.29) is 30.7 Å². The smallest absolute Gasteiger partial charge is 0 e. The molecule has 32 heavy (non-hydrogen) atoms. The Labute approximate surface area is 202 Å². The Balaban J connectivity index is -0.000000125. The maximum Gasteiger partial charge on any atom is 0 e. The molecule has 0 saturated carbocycles. The molecule has 0 fully saturated rings. The first kappa shape index (κ1) is 43.4. The van der Waals surface area contributed by atoms with Gasteiger partial charge in [0.15, 0.2) is 0 Å². The van der Waals surface area contributed by atoms with Crippen molar-refractivity contribution in [3.05, 3.63) is 100.0 Å². The molecule has 0 bridgehead atoms. The van der Waals surface area contributed by atoms with Gasteiger partial charge in [0.1, 0.15) is 11.5 Å². The summed E-state index contributed by atoms with van der Waals surface area (Å²) in [5.74, 6) is 2.10. The van der Waals surface area contributed by atoms with Gasteiger partial charge in [0.25, 0.3) is 0 Å². The molecule has 0 unspecified atom stereocenters. The molecule has 0 amide bonds. The summed E-state index contributed by atoms with van der Waals surface area (Å²) in [4.78, 5) is 0. The third-order valence-corrected chi connectivity index (χ3v) is 3.59. The van der Waals surface area contributed by atoms with Crippen LogP contribution >= 0.6 is 0 Å². The molecule has 1 aliphatic rings. The number of hydrogen-bond acceptors (Lipinski definition) is 2. The first-order chi connectivity index (χ1) is 14.8. The summed E-state index contributed by atoms with van der Waals surface area (Å²) in [7, 11) is 1.73. The summed E-state index contributed by atoms with van der Waals surface area (Å²) in [6.07, 6.45) is 12.8. The number of methoxy groups -OCH3 is 1. The fourth-order valence-corrected chi connectivity index (χ4v) is 2.68. The number of hydrogen-bond donors (Lipinski definition) is 0. The summed E-state index contributed by atoms with van der Waals surface area (Å²) in [5.41, 5.74) is 2.76. The van der Waals surface area contributed by atoms with Gasteiger partial charge < -0.3 is 16.6 Å². The monoisotopic (exact) mass is 479 g/mol. The quantitative estimate of drug-likeness (QED) is 0.388. The predicted octanol–water partition coefficient (Wildman–Crippen LogP) is 5.62. The largest absolute Gasteiger partial charge is 0.358 e. The number of furan rings is 1. The zero-order valence-corrected chi connectivity index (χ0v) is 19.9. The van der Waals surface area contributed by atoms with Crippen molar-refractivity contribution in [3.8, 4) is 0 Å². The second kappa shape index (κ2) is 35.9. The molecule has 7 nitrogen and oxygen atoms in total. The Hall–Kier alpha value is -2.47. The predicted molar refractivity (Wildman–Crippen MR) is 109 cm³/mol. The van der Waals surface area contributed by atoms with Crippen LogP contribution in [0.5, 0.6) is 0 Å². The van der Waals surface area contributed by atoms with Gasteiger partial charge in [-0.15, -0.1) is 0 Å². The van der Waals surface area contributed by atoms with Gasteiger partial charge in [0.2, 0.25) is 0 Å². The molecular weight excluding hydrogens is 452 g/mol. The summed E-state index contributed by atoms with van der Waals surface area (Å²) >= 11 is 0. The van der Waals surface area contributed by atoms with E-state index in [0.717, 1.165) is 37.2 Å². The number of rotatable bonds is 6. The molecule has 1 heterocycles. The molecule has 0 spiro atoms. The third-order valence-electron chi connectivity index (χ3n) is 3.59. The van der Waals surface area contributed by atoms with Gasteiger partial charge in [-0.05, 0) is 42.7 Å². The van der Waals surface area contributed by atoms with E-state index in [1.54, 1.807) is 13.4 Å². The molecule has 0 aliphatic heterocycles. The normalized spacial score (nSPS) is 12.2. The summed E-state index contributed by atoms with van der Waals surface area (Å²) in [6, 6.07) is 3.99. The summed E-state index contributed by atoms with van der Waals surface area (Å²) < 4.78 is 48.6. The maximum atomic E-state index is 7.50. The molecule has 8 heteroatoms. The molecule has 1 aromatic rings. The molecule has 0 radical (unpaired) electrons. The van der Waals surface area contributed by atoms with Crippen LogP contribution in [0, 0.1) is 40.7 Å². The molecule has 1 atom stereocenters. The van der Waals surface area contributed by atoms with Crippen molar-refractivity contribution in [2.45, 2.75) is 45.4 Å². The van der Waals surface area contributed by atoms with Crippen molar-refractivity contribution in [3.63, 3.8) is 0 Å². The molecule has 2 rings (SSSR count). The SMILES string of the molecule is CCCC1=CC(OC)=C[C@@H](c2ccco2)C(CCC)=C1.[C-]#[O+].[C-]#[O+].[C-]#[O+].[C-]#[O+].[C-]#[O+].[CH3-].[Cr]. The van der Waals surface area contributed by atoms with Crippen molar-refractivity contribution in [1.29, 1.82) is 0 Å². The van der Waals surface area contributed by atoms with Crippen molar-refractivity contribution in [1.82, 2.24) is 0 Å². The van der Waals surface area contributed by atoms with E-state index in [2.05, 4.69) is 65.3 Å². The minimum Gasteiger partial charge on any atom is -0.358 e. The molecule has 1 aliphatic carbocycles. The number of allylic oxidation sites excluding steroid dienone is 5. The van der Waals surface area contributed by atoms with Gasteiger partial charge >= 0.3 is 56.5 Å². The van der Waals surface area contributed by atoms with E-state index >= 15 is 0 Å². The van der Waals surface area contributed by atoms with Crippen molar-refractivity contribution < 1.29 is 49.8 Å². The standard InChI is InChI=1S/C18H24O2.5CO.CH3.Cr/c1-4-7-14-11-15(8-5-2)17(13-16(12-14)19-3)18-9-6-10-20-18;5*1-2;;/h6,9-13,17H,4-5,7-8H2,1-3H3;;;;;;1H3;/q;;;;;;-1;/t17-;;;;;;;/m1......./s1. The van der Waals surface area contributed by atoms with Crippen molar-refractivity contribution >= 4 is 0 Å². The number of ether oxygens (including phenoxy) is 1. The van der Waals surface area contributed by atoms with Crippen molar-refractivity contribution in [2.75, 3.05) is 7.11 Å². The zero-order chi connectivity index (χ0) is 24.4. The Morgan fingerprint density at radius 3 is 1.75 bits per heavy atom. The van der Waals surface area contributed by atoms with Gasteiger partial charge in [-0.1, -0.05) is 38.3 Å². The van der Waals surface area contributed by atoms with Crippen LogP contribution in [0.25, 0.3) is 0 Å². The first-order valence-corrected chi connectivity index (χ1v) is 8.50. The Kier molecular flexibility index (Phi) is 48.8. The second-order valence-corrected chi connectivity index (χ2v) is 5.20. The fraction of sp³-hybridized carbons (Fsp3) is 0.333. The van der Waals surface area contributed by atoms with E-state index in [9.17, 15) is 0 Å². The topological polar surface area (TPSA) is 122 Å². The average molecular weight is 479 g/mol. The van der Waals surface area contributed by atoms with E-state index in [1.165, 1.54) is 11.1 Å². The van der Waals surface area contributed by atoms with Crippen LogP contribution < -0.4 is 0 Å². The Morgan fingerprint density at radius 2 is 1.38 bits per heavy atom. The minimum atomic E-state index is 0. The van der Waals surface area contributed by atoms with Crippen LogP contribution in [0.15, 0.2) is 57.9 Å². The Bertz CT molecular complexity index is 683. The molecular formula is C24H27CrO7-. The van der Waals surface area contributed by atoms with Crippen LogP contribution in [-0.2, 0) is 45.4 Å². The molecule has 0 saturated heterocycles. The van der Waals surface area contributed by atoms with E-state index in [4.69, 9.17) is 32.4 Å². The van der Waals surface area contributed by atoms with E-state index in [1.807, 2.05) is 12.1 Å². The van der Waals surface area contributed by atoms with Gasteiger partial charge in [-0.3, -0.25) is 0 Å². The molecule has 172 valence electrons. The van der Waals surface area contributed by atoms with Crippen LogP contribution in [-0.4, -0.2) is 7.11 Å². The third kappa shape index (κ3) is 18.3.